The standard InChI is InChI=1S/C15H14ClNS/c1-15(11-7-9-12(16)10-8-11)17(2)13-5-3-4-6-14(13)18-15/h3-10H,1-2H3. The second kappa shape index (κ2) is 4.22. The van der Waals surface area contributed by atoms with Crippen LogP contribution in [0.1, 0.15) is 12.5 Å². The molecule has 0 spiro atoms. The lowest BCUT2D eigenvalue weighted by Gasteiger charge is -2.33. The zero-order valence-electron chi connectivity index (χ0n) is 10.4. The number of para-hydroxylation sites is 1. The van der Waals surface area contributed by atoms with E-state index in [4.69, 9.17) is 11.6 Å². The van der Waals surface area contributed by atoms with E-state index in [1.165, 1.54) is 16.1 Å². The van der Waals surface area contributed by atoms with Crippen LogP contribution in [0.3, 0.4) is 0 Å². The molecule has 0 saturated heterocycles. The Morgan fingerprint density at radius 3 is 2.39 bits per heavy atom. The van der Waals surface area contributed by atoms with Crippen LogP contribution in [0.2, 0.25) is 5.02 Å². The second-order valence-corrected chi connectivity index (χ2v) is 6.49. The quantitative estimate of drug-likeness (QED) is 0.738. The Balaban J connectivity index is 2.06. The molecule has 2 aromatic rings. The summed E-state index contributed by atoms with van der Waals surface area (Å²) < 4.78 is 0. The zero-order chi connectivity index (χ0) is 12.8. The fourth-order valence-corrected chi connectivity index (χ4v) is 3.84. The van der Waals surface area contributed by atoms with Crippen molar-refractivity contribution in [3.63, 3.8) is 0 Å². The first-order valence-electron chi connectivity index (χ1n) is 5.89. The van der Waals surface area contributed by atoms with E-state index in [1.54, 1.807) is 0 Å². The van der Waals surface area contributed by atoms with Gasteiger partial charge in [-0.2, -0.15) is 0 Å². The van der Waals surface area contributed by atoms with Crippen molar-refractivity contribution in [1.82, 2.24) is 0 Å². The third kappa shape index (κ3) is 1.72. The fraction of sp³-hybridized carbons (Fsp3) is 0.200. The van der Waals surface area contributed by atoms with Crippen molar-refractivity contribution in [3.05, 3.63) is 59.1 Å². The van der Waals surface area contributed by atoms with Gasteiger partial charge in [-0.25, -0.2) is 0 Å². The third-order valence-corrected chi connectivity index (χ3v) is 5.28. The molecule has 1 unspecified atom stereocenters. The number of anilines is 1. The predicted octanol–water partition coefficient (Wildman–Crippen LogP) is 4.75. The Labute approximate surface area is 117 Å². The first kappa shape index (κ1) is 11.9. The highest BCUT2D eigenvalue weighted by Gasteiger charge is 2.39. The third-order valence-electron chi connectivity index (χ3n) is 3.56. The molecule has 0 saturated carbocycles. The number of fused-ring (bicyclic) bond motifs is 1. The van der Waals surface area contributed by atoms with Crippen molar-refractivity contribution in [2.24, 2.45) is 0 Å². The van der Waals surface area contributed by atoms with Crippen molar-refractivity contribution < 1.29 is 0 Å². The van der Waals surface area contributed by atoms with Gasteiger partial charge in [0, 0.05) is 17.0 Å². The van der Waals surface area contributed by atoms with E-state index in [0.29, 0.717) is 0 Å². The summed E-state index contributed by atoms with van der Waals surface area (Å²) in [5.74, 6) is 0. The lowest BCUT2D eigenvalue weighted by atomic mass is 10.1. The van der Waals surface area contributed by atoms with Gasteiger partial charge in [0.2, 0.25) is 0 Å². The number of halogens is 1. The number of hydrogen-bond donors (Lipinski definition) is 0. The molecule has 0 aromatic heterocycles. The first-order chi connectivity index (χ1) is 8.61. The summed E-state index contributed by atoms with van der Waals surface area (Å²) in [5.41, 5.74) is 2.57. The smallest absolute Gasteiger partial charge is 0.113 e. The van der Waals surface area contributed by atoms with Crippen LogP contribution in [0.15, 0.2) is 53.4 Å². The van der Waals surface area contributed by atoms with Gasteiger partial charge in [0.05, 0.1) is 5.69 Å². The van der Waals surface area contributed by atoms with Gasteiger partial charge in [-0.05, 0) is 36.8 Å². The highest BCUT2D eigenvalue weighted by Crippen LogP contribution is 2.54. The van der Waals surface area contributed by atoms with Gasteiger partial charge in [0.1, 0.15) is 4.87 Å². The van der Waals surface area contributed by atoms with E-state index >= 15 is 0 Å². The summed E-state index contributed by atoms with van der Waals surface area (Å²) >= 11 is 7.86. The van der Waals surface area contributed by atoms with E-state index in [2.05, 4.69) is 55.3 Å². The average molecular weight is 276 g/mol. The molecule has 0 radical (unpaired) electrons. The molecule has 0 bridgehead atoms. The molecule has 0 N–H and O–H groups in total. The molecule has 1 aliphatic heterocycles. The van der Waals surface area contributed by atoms with E-state index in [0.717, 1.165) is 5.02 Å². The highest BCUT2D eigenvalue weighted by molar-refractivity contribution is 8.00. The Morgan fingerprint density at radius 1 is 1.06 bits per heavy atom. The monoisotopic (exact) mass is 275 g/mol. The molecule has 1 heterocycles. The maximum absolute atomic E-state index is 5.97. The summed E-state index contributed by atoms with van der Waals surface area (Å²) in [4.78, 5) is 3.60. The SMILES string of the molecule is CN1c2ccccc2SC1(C)c1ccc(Cl)cc1. The van der Waals surface area contributed by atoms with Crippen LogP contribution in [0.4, 0.5) is 5.69 Å². The molecule has 1 nitrogen and oxygen atoms in total. The van der Waals surface area contributed by atoms with Gasteiger partial charge in [-0.1, -0.05) is 47.6 Å². The molecular weight excluding hydrogens is 262 g/mol. The van der Waals surface area contributed by atoms with Gasteiger partial charge >= 0.3 is 0 Å². The number of rotatable bonds is 1. The van der Waals surface area contributed by atoms with Gasteiger partial charge in [-0.15, -0.1) is 0 Å². The molecule has 0 amide bonds. The van der Waals surface area contributed by atoms with Gasteiger partial charge < -0.3 is 4.90 Å². The van der Waals surface area contributed by atoms with E-state index in [9.17, 15) is 0 Å². The van der Waals surface area contributed by atoms with E-state index < -0.39 is 0 Å². The number of thioether (sulfide) groups is 1. The lowest BCUT2D eigenvalue weighted by Crippen LogP contribution is -2.34. The Morgan fingerprint density at radius 2 is 1.72 bits per heavy atom. The molecule has 18 heavy (non-hydrogen) atoms. The van der Waals surface area contributed by atoms with Crippen LogP contribution in [-0.2, 0) is 4.87 Å². The van der Waals surface area contributed by atoms with Crippen molar-refractivity contribution in [2.45, 2.75) is 16.7 Å². The van der Waals surface area contributed by atoms with Gasteiger partial charge in [-0.3, -0.25) is 0 Å². The van der Waals surface area contributed by atoms with Crippen molar-refractivity contribution in [3.8, 4) is 0 Å². The van der Waals surface area contributed by atoms with Crippen molar-refractivity contribution in [2.75, 3.05) is 11.9 Å². The Kier molecular flexibility index (Phi) is 2.80. The average Bonchev–Trinajstić information content (AvgIpc) is 2.64. The summed E-state index contributed by atoms with van der Waals surface area (Å²) in [6.45, 7) is 2.25. The molecule has 2 aromatic carbocycles. The molecule has 3 rings (SSSR count). The van der Waals surface area contributed by atoms with Crippen molar-refractivity contribution >= 4 is 29.1 Å². The summed E-state index contributed by atoms with van der Waals surface area (Å²) in [6.07, 6.45) is 0. The summed E-state index contributed by atoms with van der Waals surface area (Å²) in [7, 11) is 2.15. The van der Waals surface area contributed by atoms with E-state index in [1.807, 2.05) is 23.9 Å². The molecule has 0 aliphatic carbocycles. The topological polar surface area (TPSA) is 3.24 Å². The van der Waals surface area contributed by atoms with Crippen molar-refractivity contribution in [1.29, 1.82) is 0 Å². The molecule has 92 valence electrons. The Bertz CT molecular complexity index is 581. The normalized spacial score (nSPS) is 22.1. The minimum Gasteiger partial charge on any atom is -0.355 e. The van der Waals surface area contributed by atoms with Crippen LogP contribution in [-0.4, -0.2) is 7.05 Å². The zero-order valence-corrected chi connectivity index (χ0v) is 11.9. The largest absolute Gasteiger partial charge is 0.355 e. The second-order valence-electron chi connectivity index (χ2n) is 4.62. The molecule has 3 heteroatoms. The molecule has 0 fully saturated rings. The minimum atomic E-state index is -0.0612. The summed E-state index contributed by atoms with van der Waals surface area (Å²) in [6, 6.07) is 16.7. The fourth-order valence-electron chi connectivity index (χ4n) is 2.34. The van der Waals surface area contributed by atoms with Crippen LogP contribution in [0, 0.1) is 0 Å². The molecule has 1 aliphatic rings. The number of nitrogens with zero attached hydrogens (tertiary/aromatic N) is 1. The van der Waals surface area contributed by atoms with E-state index in [-0.39, 0.29) is 4.87 Å². The maximum atomic E-state index is 5.97. The number of hydrogen-bond acceptors (Lipinski definition) is 2. The van der Waals surface area contributed by atoms with Crippen LogP contribution in [0.5, 0.6) is 0 Å². The maximum Gasteiger partial charge on any atom is 0.113 e. The summed E-state index contributed by atoms with van der Waals surface area (Å²) in [5, 5.41) is 0.783. The lowest BCUT2D eigenvalue weighted by molar-refractivity contribution is 0.685. The van der Waals surface area contributed by atoms with Gasteiger partial charge in [0.15, 0.2) is 0 Å². The molecular formula is C15H14ClNS. The van der Waals surface area contributed by atoms with Crippen LogP contribution in [0.25, 0.3) is 0 Å². The Hall–Kier alpha value is -1.12. The van der Waals surface area contributed by atoms with Crippen LogP contribution < -0.4 is 4.90 Å². The minimum absolute atomic E-state index is 0.0612. The predicted molar refractivity (Wildman–Crippen MR) is 79.5 cm³/mol. The van der Waals surface area contributed by atoms with Gasteiger partial charge in [0.25, 0.3) is 0 Å². The first-order valence-corrected chi connectivity index (χ1v) is 7.08. The number of benzene rings is 2. The highest BCUT2D eigenvalue weighted by atomic mass is 35.5. The van der Waals surface area contributed by atoms with Crippen LogP contribution >= 0.6 is 23.4 Å². The molecule has 1 atom stereocenters.